The van der Waals surface area contributed by atoms with Gasteiger partial charge >= 0.3 is 0 Å². The predicted octanol–water partition coefficient (Wildman–Crippen LogP) is -0.551. The summed E-state index contributed by atoms with van der Waals surface area (Å²) in [5, 5.41) is 3.18. The molecule has 2 fully saturated rings. The van der Waals surface area contributed by atoms with Crippen molar-refractivity contribution in [2.45, 2.75) is 20.3 Å². The van der Waals surface area contributed by atoms with Crippen molar-refractivity contribution in [3.63, 3.8) is 0 Å². The fraction of sp³-hybridized carbons (Fsp3) is 0.769. The van der Waals surface area contributed by atoms with E-state index >= 15 is 0 Å². The van der Waals surface area contributed by atoms with Gasteiger partial charge in [0.2, 0.25) is 17.7 Å². The lowest BCUT2D eigenvalue weighted by molar-refractivity contribution is -0.140. The van der Waals surface area contributed by atoms with Crippen LogP contribution < -0.4 is 5.32 Å². The number of likely N-dealkylation sites (tertiary alicyclic amines) is 1. The molecule has 0 aromatic carbocycles. The van der Waals surface area contributed by atoms with E-state index in [1.54, 1.807) is 18.7 Å². The fourth-order valence-electron chi connectivity index (χ4n) is 2.53. The van der Waals surface area contributed by atoms with Crippen molar-refractivity contribution in [2.75, 3.05) is 32.7 Å². The minimum atomic E-state index is -0.262. The molecule has 0 aromatic heterocycles. The highest BCUT2D eigenvalue weighted by molar-refractivity contribution is 6.04. The van der Waals surface area contributed by atoms with Crippen LogP contribution in [-0.4, -0.2) is 60.2 Å². The number of carbonyl (C=O) groups excluding carboxylic acids is 3. The molecule has 0 aliphatic carbocycles. The number of carbonyl (C=O) groups is 3. The van der Waals surface area contributed by atoms with Gasteiger partial charge in [-0.2, -0.15) is 0 Å². The van der Waals surface area contributed by atoms with E-state index in [0.717, 1.165) is 13.1 Å². The Morgan fingerprint density at radius 2 is 1.68 bits per heavy atom. The summed E-state index contributed by atoms with van der Waals surface area (Å²) in [5.41, 5.74) is 0. The first-order chi connectivity index (χ1) is 9.02. The average molecular weight is 267 g/mol. The predicted molar refractivity (Wildman–Crippen MR) is 69.1 cm³/mol. The van der Waals surface area contributed by atoms with Crippen LogP contribution in [0.1, 0.15) is 20.3 Å². The van der Waals surface area contributed by atoms with Gasteiger partial charge in [0.25, 0.3) is 0 Å². The second-order valence-electron chi connectivity index (χ2n) is 5.29. The molecular formula is C13H21N3O3. The number of nitrogens with zero attached hydrogens (tertiary/aromatic N) is 2. The molecule has 2 atom stereocenters. The van der Waals surface area contributed by atoms with E-state index in [0.29, 0.717) is 13.1 Å². The molecule has 106 valence electrons. The van der Waals surface area contributed by atoms with Crippen LogP contribution in [0, 0.1) is 11.8 Å². The molecule has 0 bridgehead atoms. The highest BCUT2D eigenvalue weighted by atomic mass is 16.2. The standard InChI is InChI=1S/C13H21N3O3/c1-9-10(2)13(19)16(12(9)18)6-3-11(17)15-7-4-14-5-8-15/h9-10,14H,3-8H2,1-2H3. The van der Waals surface area contributed by atoms with Crippen LogP contribution in [-0.2, 0) is 14.4 Å². The van der Waals surface area contributed by atoms with E-state index in [2.05, 4.69) is 5.32 Å². The molecule has 1 N–H and O–H groups in total. The summed E-state index contributed by atoms with van der Waals surface area (Å²) in [7, 11) is 0. The molecule has 2 heterocycles. The van der Waals surface area contributed by atoms with Gasteiger partial charge in [-0.1, -0.05) is 13.8 Å². The van der Waals surface area contributed by atoms with Gasteiger partial charge in [0.05, 0.1) is 0 Å². The molecule has 0 radical (unpaired) electrons. The number of amides is 3. The van der Waals surface area contributed by atoms with Crippen LogP contribution in [0.15, 0.2) is 0 Å². The molecule has 6 nitrogen and oxygen atoms in total. The van der Waals surface area contributed by atoms with Crippen molar-refractivity contribution in [3.05, 3.63) is 0 Å². The number of imide groups is 1. The van der Waals surface area contributed by atoms with Crippen molar-refractivity contribution in [1.82, 2.24) is 15.1 Å². The van der Waals surface area contributed by atoms with E-state index in [-0.39, 0.29) is 42.5 Å². The number of nitrogens with one attached hydrogen (secondary N) is 1. The molecule has 2 aliphatic rings. The van der Waals surface area contributed by atoms with Gasteiger partial charge in [-0.3, -0.25) is 19.3 Å². The van der Waals surface area contributed by atoms with Crippen molar-refractivity contribution >= 4 is 17.7 Å². The first-order valence-electron chi connectivity index (χ1n) is 6.86. The normalized spacial score (nSPS) is 28.1. The molecule has 19 heavy (non-hydrogen) atoms. The number of hydrogen-bond donors (Lipinski definition) is 1. The van der Waals surface area contributed by atoms with Crippen molar-refractivity contribution in [1.29, 1.82) is 0 Å². The van der Waals surface area contributed by atoms with Crippen LogP contribution in [0.3, 0.4) is 0 Å². The third-order valence-electron chi connectivity index (χ3n) is 4.08. The van der Waals surface area contributed by atoms with Crippen molar-refractivity contribution in [2.24, 2.45) is 11.8 Å². The minimum absolute atomic E-state index is 0.0225. The maximum absolute atomic E-state index is 12.0. The van der Waals surface area contributed by atoms with E-state index in [1.165, 1.54) is 4.90 Å². The van der Waals surface area contributed by atoms with Gasteiger partial charge in [0.15, 0.2) is 0 Å². The summed E-state index contributed by atoms with van der Waals surface area (Å²) < 4.78 is 0. The van der Waals surface area contributed by atoms with Gasteiger partial charge in [-0.05, 0) is 0 Å². The zero-order valence-corrected chi connectivity index (χ0v) is 11.5. The van der Waals surface area contributed by atoms with Gasteiger partial charge in [0.1, 0.15) is 0 Å². The van der Waals surface area contributed by atoms with Crippen LogP contribution >= 0.6 is 0 Å². The molecule has 2 saturated heterocycles. The van der Waals surface area contributed by atoms with E-state index in [4.69, 9.17) is 0 Å². The largest absolute Gasteiger partial charge is 0.340 e. The molecule has 0 spiro atoms. The Bertz CT molecular complexity index is 371. The van der Waals surface area contributed by atoms with Gasteiger partial charge in [-0.25, -0.2) is 0 Å². The summed E-state index contributed by atoms with van der Waals surface area (Å²) in [6.07, 6.45) is 0.233. The summed E-state index contributed by atoms with van der Waals surface area (Å²) >= 11 is 0. The second kappa shape index (κ2) is 5.69. The summed E-state index contributed by atoms with van der Waals surface area (Å²) in [6, 6.07) is 0. The maximum Gasteiger partial charge on any atom is 0.232 e. The Labute approximate surface area is 113 Å². The lowest BCUT2D eigenvalue weighted by Crippen LogP contribution is -2.47. The third-order valence-corrected chi connectivity index (χ3v) is 4.08. The molecular weight excluding hydrogens is 246 g/mol. The third kappa shape index (κ3) is 2.78. The number of hydrogen-bond acceptors (Lipinski definition) is 4. The van der Waals surface area contributed by atoms with Crippen LogP contribution in [0.25, 0.3) is 0 Å². The summed E-state index contributed by atoms with van der Waals surface area (Å²) in [4.78, 5) is 38.8. The lowest BCUT2D eigenvalue weighted by atomic mass is 10.00. The van der Waals surface area contributed by atoms with Gasteiger partial charge < -0.3 is 10.2 Å². The highest BCUT2D eigenvalue weighted by Gasteiger charge is 2.42. The summed E-state index contributed by atoms with van der Waals surface area (Å²) in [5.74, 6) is -0.797. The van der Waals surface area contributed by atoms with Crippen LogP contribution in [0.5, 0.6) is 0 Å². The molecule has 3 amide bonds. The Balaban J connectivity index is 1.86. The molecule has 6 heteroatoms. The van der Waals surface area contributed by atoms with Gasteiger partial charge in [-0.15, -0.1) is 0 Å². The quantitative estimate of drug-likeness (QED) is 0.697. The Morgan fingerprint density at radius 3 is 2.21 bits per heavy atom. The Morgan fingerprint density at radius 1 is 1.16 bits per heavy atom. The molecule has 2 aliphatic heterocycles. The smallest absolute Gasteiger partial charge is 0.232 e. The molecule has 0 saturated carbocycles. The van der Waals surface area contributed by atoms with Gasteiger partial charge in [0, 0.05) is 51.0 Å². The monoisotopic (exact) mass is 267 g/mol. The lowest BCUT2D eigenvalue weighted by Gasteiger charge is -2.28. The van der Waals surface area contributed by atoms with E-state index < -0.39 is 0 Å². The van der Waals surface area contributed by atoms with Crippen LogP contribution in [0.2, 0.25) is 0 Å². The van der Waals surface area contributed by atoms with Crippen LogP contribution in [0.4, 0.5) is 0 Å². The van der Waals surface area contributed by atoms with Crippen molar-refractivity contribution in [3.8, 4) is 0 Å². The number of rotatable bonds is 3. The first kappa shape index (κ1) is 14.0. The molecule has 0 aromatic rings. The Hall–Kier alpha value is -1.43. The summed E-state index contributed by atoms with van der Waals surface area (Å²) in [6.45, 7) is 6.77. The SMILES string of the molecule is CC1C(=O)N(CCC(=O)N2CCNCC2)C(=O)C1C. The Kier molecular flexibility index (Phi) is 4.19. The maximum atomic E-state index is 12.0. The minimum Gasteiger partial charge on any atom is -0.340 e. The highest BCUT2D eigenvalue weighted by Crippen LogP contribution is 2.25. The topological polar surface area (TPSA) is 69.7 Å². The zero-order valence-electron chi connectivity index (χ0n) is 11.5. The zero-order chi connectivity index (χ0) is 14.0. The number of piperazine rings is 1. The molecule has 2 rings (SSSR count). The van der Waals surface area contributed by atoms with E-state index in [1.807, 2.05) is 0 Å². The first-order valence-corrected chi connectivity index (χ1v) is 6.86. The second-order valence-corrected chi connectivity index (χ2v) is 5.29. The molecule has 2 unspecified atom stereocenters. The van der Waals surface area contributed by atoms with E-state index in [9.17, 15) is 14.4 Å². The fourth-order valence-corrected chi connectivity index (χ4v) is 2.53. The van der Waals surface area contributed by atoms with Crippen molar-refractivity contribution < 1.29 is 14.4 Å². The average Bonchev–Trinajstić information content (AvgIpc) is 2.62.